The molecule has 3 rings (SSSR count). The Labute approximate surface area is 207 Å². The summed E-state index contributed by atoms with van der Waals surface area (Å²) in [7, 11) is -2.58. The molecule has 1 aromatic carbocycles. The minimum atomic E-state index is -2.58. The number of nitrogens with zero attached hydrogens (tertiary/aromatic N) is 1. The molecule has 2 aliphatic heterocycles. The van der Waals surface area contributed by atoms with Crippen molar-refractivity contribution in [3.05, 3.63) is 59.4 Å². The van der Waals surface area contributed by atoms with Crippen LogP contribution in [0.15, 0.2) is 42.2 Å². The zero-order valence-corrected chi connectivity index (χ0v) is 22.6. The number of ketones is 1. The van der Waals surface area contributed by atoms with Crippen LogP contribution in [0, 0.1) is 17.0 Å². The number of hydroxylamine groups is 1. The van der Waals surface area contributed by atoms with Crippen molar-refractivity contribution in [2.24, 2.45) is 5.41 Å². The highest BCUT2D eigenvalue weighted by Crippen LogP contribution is 2.51. The number of amides is 1. The van der Waals surface area contributed by atoms with Crippen molar-refractivity contribution in [1.29, 1.82) is 0 Å². The minimum absolute atomic E-state index is 0.0402. The first kappa shape index (κ1) is 27.2. The van der Waals surface area contributed by atoms with Gasteiger partial charge in [-0.15, -0.1) is 0 Å². The van der Waals surface area contributed by atoms with Gasteiger partial charge >= 0.3 is 0 Å². The fourth-order valence-corrected chi connectivity index (χ4v) is 5.68. The van der Waals surface area contributed by atoms with Crippen LogP contribution in [-0.2, 0) is 25.3 Å². The molecule has 1 unspecified atom stereocenters. The molecule has 0 aliphatic carbocycles. The van der Waals surface area contributed by atoms with Crippen molar-refractivity contribution in [3.63, 3.8) is 0 Å². The maximum Gasteiger partial charge on any atom is 0.281 e. The summed E-state index contributed by atoms with van der Waals surface area (Å²) in [6, 6.07) is 3.33. The second-order valence-corrected chi connectivity index (χ2v) is 15.9. The van der Waals surface area contributed by atoms with Crippen molar-refractivity contribution in [1.82, 2.24) is 10.4 Å². The first-order valence-electron chi connectivity index (χ1n) is 11.9. The maximum absolute atomic E-state index is 14.0. The largest absolute Gasteiger partial charge is 0.397 e. The molecule has 6 nitrogen and oxygen atoms in total. The van der Waals surface area contributed by atoms with E-state index in [9.17, 15) is 18.4 Å². The Balaban J connectivity index is 1.92. The van der Waals surface area contributed by atoms with Crippen LogP contribution in [0.5, 0.6) is 0 Å². The number of nitrogens with one attached hydrogen (secondary N) is 1. The quantitative estimate of drug-likeness (QED) is 0.319. The lowest BCUT2D eigenvalue weighted by Crippen LogP contribution is -2.71. The fraction of sp³-hybridized carbons (Fsp3) is 0.538. The lowest BCUT2D eigenvalue weighted by atomic mass is 9.66. The lowest BCUT2D eigenvalue weighted by molar-refractivity contribution is -0.170. The monoisotopic (exact) mass is 506 g/mol. The maximum atomic E-state index is 14.0. The highest BCUT2D eigenvalue weighted by molar-refractivity contribution is 6.74. The standard InChI is InChI=1S/C26H36F2N2O4Si/c1-24(2,3)35(6,7)34-26(21-10-8-9-14-30(21)17-22(31)25(26,4)5)23(32)29-33-15-13-18-11-12-19(27)16-20(18)28/h9-12,14,16H,8,13,15,17H2,1-7H3,(H,29,32). The van der Waals surface area contributed by atoms with Gasteiger partial charge in [-0.1, -0.05) is 39.0 Å². The molecule has 1 aromatic rings. The molecule has 1 saturated heterocycles. The third-order valence-corrected chi connectivity index (χ3v) is 11.9. The fourth-order valence-electron chi connectivity index (χ4n) is 4.15. The summed E-state index contributed by atoms with van der Waals surface area (Å²) in [5.74, 6) is -2.03. The van der Waals surface area contributed by atoms with Gasteiger partial charge in [-0.2, -0.15) is 0 Å². The number of hydrogen-bond acceptors (Lipinski definition) is 5. The summed E-state index contributed by atoms with van der Waals surface area (Å²) in [6.07, 6.45) is 6.41. The number of allylic oxidation sites excluding steroid dienone is 2. The average molecular weight is 507 g/mol. The molecule has 35 heavy (non-hydrogen) atoms. The number of Topliss-reactive ketones (excluding diaryl/α,β-unsaturated/α-hetero) is 1. The number of carbonyl (C=O) groups is 2. The van der Waals surface area contributed by atoms with Gasteiger partial charge in [0.05, 0.1) is 24.3 Å². The van der Waals surface area contributed by atoms with Crippen LogP contribution in [0.3, 0.4) is 0 Å². The van der Waals surface area contributed by atoms with E-state index in [0.717, 1.165) is 6.07 Å². The first-order valence-corrected chi connectivity index (χ1v) is 14.8. The number of hydrogen-bond donors (Lipinski definition) is 1. The van der Waals surface area contributed by atoms with Gasteiger partial charge in [-0.3, -0.25) is 14.4 Å². The van der Waals surface area contributed by atoms with E-state index in [1.165, 1.54) is 12.1 Å². The molecule has 192 valence electrons. The van der Waals surface area contributed by atoms with Crippen LogP contribution in [0.4, 0.5) is 8.78 Å². The van der Waals surface area contributed by atoms with E-state index in [2.05, 4.69) is 26.3 Å². The molecular formula is C26H36F2N2O4Si. The molecule has 1 atom stereocenters. The van der Waals surface area contributed by atoms with E-state index < -0.39 is 36.9 Å². The van der Waals surface area contributed by atoms with Crippen molar-refractivity contribution in [3.8, 4) is 0 Å². The Morgan fingerprint density at radius 1 is 1.23 bits per heavy atom. The summed E-state index contributed by atoms with van der Waals surface area (Å²) in [6.45, 7) is 13.9. The van der Waals surface area contributed by atoms with Gasteiger partial charge < -0.3 is 9.33 Å². The van der Waals surface area contributed by atoms with E-state index in [-0.39, 0.29) is 36.0 Å². The molecule has 0 aromatic heterocycles. The van der Waals surface area contributed by atoms with E-state index in [0.29, 0.717) is 12.1 Å². The zero-order chi connectivity index (χ0) is 26.2. The highest BCUT2D eigenvalue weighted by Gasteiger charge is 2.65. The van der Waals surface area contributed by atoms with E-state index in [1.807, 2.05) is 31.4 Å². The van der Waals surface area contributed by atoms with Crippen molar-refractivity contribution in [2.45, 2.75) is 71.2 Å². The van der Waals surface area contributed by atoms with Gasteiger partial charge in [-0.25, -0.2) is 14.3 Å². The molecule has 0 radical (unpaired) electrons. The SMILES string of the molecule is CC1(C)C(=O)CN2C=CCC=C2C1(O[Si](C)(C)C(C)(C)C)C(=O)NOCCc1ccc(F)cc1F. The molecule has 1 fully saturated rings. The third-order valence-electron chi connectivity index (χ3n) is 7.48. The van der Waals surface area contributed by atoms with Crippen LogP contribution >= 0.6 is 0 Å². The molecule has 2 aliphatic rings. The van der Waals surface area contributed by atoms with E-state index in [4.69, 9.17) is 9.26 Å². The van der Waals surface area contributed by atoms with Crippen molar-refractivity contribution >= 4 is 20.0 Å². The molecule has 0 spiro atoms. The molecule has 2 heterocycles. The Morgan fingerprint density at radius 2 is 1.91 bits per heavy atom. The number of piperidine rings is 1. The van der Waals surface area contributed by atoms with Crippen LogP contribution in [0.1, 0.15) is 46.6 Å². The number of carbonyl (C=O) groups excluding carboxylic acids is 2. The first-order chi connectivity index (χ1) is 16.1. The Morgan fingerprint density at radius 3 is 2.54 bits per heavy atom. The second kappa shape index (κ2) is 9.59. The van der Waals surface area contributed by atoms with Gasteiger partial charge in [0.2, 0.25) is 0 Å². The van der Waals surface area contributed by atoms with Crippen LogP contribution < -0.4 is 5.48 Å². The highest BCUT2D eigenvalue weighted by atomic mass is 28.4. The topological polar surface area (TPSA) is 67.9 Å². The molecular weight excluding hydrogens is 470 g/mol. The Kier molecular flexibility index (Phi) is 7.46. The molecule has 1 N–H and O–H groups in total. The molecule has 9 heteroatoms. The summed E-state index contributed by atoms with van der Waals surface area (Å²) in [5, 5.41) is -0.228. The Hall–Kier alpha value is -2.36. The minimum Gasteiger partial charge on any atom is -0.397 e. The smallest absolute Gasteiger partial charge is 0.281 e. The number of halogens is 2. The third kappa shape index (κ3) is 4.99. The predicted octanol–water partition coefficient (Wildman–Crippen LogP) is 5.03. The predicted molar refractivity (Wildman–Crippen MR) is 133 cm³/mol. The number of benzene rings is 1. The van der Waals surface area contributed by atoms with E-state index in [1.54, 1.807) is 18.7 Å². The molecule has 0 bridgehead atoms. The van der Waals surface area contributed by atoms with Gasteiger partial charge in [-0.05, 0) is 50.0 Å². The number of fused-ring (bicyclic) bond motifs is 1. The number of rotatable bonds is 7. The van der Waals surface area contributed by atoms with Gasteiger partial charge in [0.15, 0.2) is 19.7 Å². The zero-order valence-electron chi connectivity index (χ0n) is 21.6. The summed E-state index contributed by atoms with van der Waals surface area (Å²) in [4.78, 5) is 34.6. The normalized spacial score (nSPS) is 22.0. The summed E-state index contributed by atoms with van der Waals surface area (Å²) < 4.78 is 34.0. The van der Waals surface area contributed by atoms with Crippen LogP contribution in [0.2, 0.25) is 18.1 Å². The lowest BCUT2D eigenvalue weighted by Gasteiger charge is -2.56. The van der Waals surface area contributed by atoms with Crippen molar-refractivity contribution < 1.29 is 27.6 Å². The van der Waals surface area contributed by atoms with Crippen molar-refractivity contribution in [2.75, 3.05) is 13.2 Å². The van der Waals surface area contributed by atoms with Gasteiger partial charge in [0, 0.05) is 18.7 Å². The average Bonchev–Trinajstić information content (AvgIpc) is 2.74. The Bertz CT molecular complexity index is 1060. The van der Waals surface area contributed by atoms with Crippen LogP contribution in [-0.4, -0.2) is 43.7 Å². The van der Waals surface area contributed by atoms with E-state index >= 15 is 0 Å². The summed E-state index contributed by atoms with van der Waals surface area (Å²) >= 11 is 0. The molecule has 0 saturated carbocycles. The second-order valence-electron chi connectivity index (χ2n) is 11.2. The molecule has 1 amide bonds. The van der Waals surface area contributed by atoms with Gasteiger partial charge in [0.1, 0.15) is 11.6 Å². The summed E-state index contributed by atoms with van der Waals surface area (Å²) in [5.41, 5.74) is 0.603. The van der Waals surface area contributed by atoms with Gasteiger partial charge in [0.25, 0.3) is 5.91 Å². The van der Waals surface area contributed by atoms with Crippen LogP contribution in [0.25, 0.3) is 0 Å².